The Kier molecular flexibility index (Phi) is 5.75. The van der Waals surface area contributed by atoms with Crippen LogP contribution in [0.5, 0.6) is 0 Å². The molecule has 0 aliphatic heterocycles. The van der Waals surface area contributed by atoms with Crippen LogP contribution < -0.4 is 5.73 Å². The Bertz CT molecular complexity index is 1620. The van der Waals surface area contributed by atoms with Crippen LogP contribution in [-0.4, -0.2) is 29.5 Å². The summed E-state index contributed by atoms with van der Waals surface area (Å²) in [4.78, 5) is 16.6. The van der Waals surface area contributed by atoms with E-state index < -0.39 is 23.4 Å². The average Bonchev–Trinajstić information content (AvgIpc) is 3.22. The zero-order valence-electron chi connectivity index (χ0n) is 17.9. The molecule has 0 radical (unpaired) electrons. The number of hydrogen-bond donors (Lipinski definition) is 1. The summed E-state index contributed by atoms with van der Waals surface area (Å²) in [5.41, 5.74) is 5.91. The molecule has 0 spiro atoms. The topological polar surface area (TPSA) is 94.9 Å². The number of halogens is 6. The van der Waals surface area contributed by atoms with Crippen LogP contribution in [0.25, 0.3) is 28.2 Å². The van der Waals surface area contributed by atoms with Crippen molar-refractivity contribution in [3.05, 3.63) is 88.7 Å². The molecule has 0 amide bonds. The van der Waals surface area contributed by atoms with Crippen molar-refractivity contribution < 1.29 is 22.0 Å². The Hall–Kier alpha value is -4.19. The van der Waals surface area contributed by atoms with Crippen LogP contribution in [0.1, 0.15) is 17.0 Å². The Labute approximate surface area is 204 Å². The number of fused-ring (bicyclic) bond motifs is 1. The normalized spacial score (nSPS) is 11.8. The van der Waals surface area contributed by atoms with Gasteiger partial charge in [0.1, 0.15) is 29.0 Å². The van der Waals surface area contributed by atoms with E-state index in [-0.39, 0.29) is 51.3 Å². The summed E-state index contributed by atoms with van der Waals surface area (Å²) in [7, 11) is 0. The van der Waals surface area contributed by atoms with Crippen LogP contribution in [0.15, 0.2) is 55.1 Å². The number of nitrogens with two attached hydrogens (primary N) is 1. The van der Waals surface area contributed by atoms with Crippen LogP contribution in [0.3, 0.4) is 0 Å². The van der Waals surface area contributed by atoms with E-state index in [0.717, 1.165) is 18.2 Å². The van der Waals surface area contributed by atoms with Gasteiger partial charge in [-0.2, -0.15) is 18.3 Å². The maximum absolute atomic E-state index is 14.4. The van der Waals surface area contributed by atoms with Crippen molar-refractivity contribution in [2.75, 3.05) is 5.73 Å². The van der Waals surface area contributed by atoms with Gasteiger partial charge in [0.2, 0.25) is 0 Å². The first-order valence-corrected chi connectivity index (χ1v) is 10.6. The highest BCUT2D eigenvalue weighted by Gasteiger charge is 2.31. The molecule has 0 atom stereocenters. The third-order valence-corrected chi connectivity index (χ3v) is 5.77. The number of nitrogen functional groups attached to an aromatic ring is 1. The van der Waals surface area contributed by atoms with Gasteiger partial charge in [-0.15, -0.1) is 0 Å². The fourth-order valence-electron chi connectivity index (χ4n) is 3.63. The Balaban J connectivity index is 1.58. The van der Waals surface area contributed by atoms with E-state index in [2.05, 4.69) is 25.0 Å². The number of rotatable bonds is 4. The minimum Gasteiger partial charge on any atom is -0.383 e. The van der Waals surface area contributed by atoms with Crippen molar-refractivity contribution in [3.8, 4) is 22.6 Å². The maximum Gasteiger partial charge on any atom is 0.417 e. The summed E-state index contributed by atoms with van der Waals surface area (Å²) >= 11 is 5.97. The second kappa shape index (κ2) is 8.79. The van der Waals surface area contributed by atoms with Gasteiger partial charge in [-0.25, -0.2) is 28.2 Å². The molecule has 0 saturated carbocycles. The van der Waals surface area contributed by atoms with Gasteiger partial charge in [0, 0.05) is 47.9 Å². The second-order valence-electron chi connectivity index (χ2n) is 7.65. The van der Waals surface area contributed by atoms with Crippen LogP contribution in [-0.2, 0) is 12.6 Å². The quantitative estimate of drug-likeness (QED) is 0.254. The van der Waals surface area contributed by atoms with Crippen LogP contribution >= 0.6 is 11.6 Å². The lowest BCUT2D eigenvalue weighted by Gasteiger charge is -2.09. The molecule has 0 fully saturated rings. The minimum absolute atomic E-state index is 0.0544. The predicted molar refractivity (Wildman–Crippen MR) is 121 cm³/mol. The number of pyridine rings is 1. The van der Waals surface area contributed by atoms with Crippen molar-refractivity contribution in [1.82, 2.24) is 29.5 Å². The summed E-state index contributed by atoms with van der Waals surface area (Å²) in [6.07, 6.45) is -0.112. The van der Waals surface area contributed by atoms with E-state index >= 15 is 0 Å². The van der Waals surface area contributed by atoms with Gasteiger partial charge >= 0.3 is 6.18 Å². The first-order chi connectivity index (χ1) is 17.1. The minimum atomic E-state index is -4.58. The first kappa shape index (κ1) is 23.5. The fraction of sp³-hybridized carbons (Fsp3) is 0.0870. The standard InChI is InChI=1S/C23H13ClF5N7/c24-19-13(15(25)3-4-16(19)26)7-18-34-20(17-2-1-5-33-36(17)18)22-32-10-14(21(30)35-22)11-6-12(9-31-8-11)23(27,28)29/h1-6,8-10H,7H2,(H2,30,32,35). The van der Waals surface area contributed by atoms with Gasteiger partial charge in [-0.1, -0.05) is 11.6 Å². The van der Waals surface area contributed by atoms with Crippen molar-refractivity contribution >= 4 is 22.9 Å². The fourth-order valence-corrected chi connectivity index (χ4v) is 3.85. The molecular formula is C23H13ClF5N7. The summed E-state index contributed by atoms with van der Waals surface area (Å²) in [5.74, 6) is -1.32. The van der Waals surface area contributed by atoms with E-state index in [1.165, 1.54) is 23.1 Å². The number of hydrogen-bond acceptors (Lipinski definition) is 6. The maximum atomic E-state index is 14.4. The molecule has 4 heterocycles. The lowest BCUT2D eigenvalue weighted by atomic mass is 10.1. The molecule has 0 aliphatic carbocycles. The summed E-state index contributed by atoms with van der Waals surface area (Å²) in [6, 6.07) is 6.07. The molecular weight excluding hydrogens is 505 g/mol. The van der Waals surface area contributed by atoms with Gasteiger partial charge in [-0.3, -0.25) is 4.98 Å². The molecule has 7 nitrogen and oxygen atoms in total. The largest absolute Gasteiger partial charge is 0.417 e. The van der Waals surface area contributed by atoms with Gasteiger partial charge < -0.3 is 5.73 Å². The molecule has 5 rings (SSSR count). The molecule has 0 saturated heterocycles. The third-order valence-electron chi connectivity index (χ3n) is 5.36. The number of benzene rings is 1. The van der Waals surface area contributed by atoms with Gasteiger partial charge in [0.25, 0.3) is 0 Å². The van der Waals surface area contributed by atoms with Crippen LogP contribution in [0.4, 0.5) is 27.8 Å². The van der Waals surface area contributed by atoms with E-state index in [1.807, 2.05) is 0 Å². The highest BCUT2D eigenvalue weighted by molar-refractivity contribution is 6.31. The lowest BCUT2D eigenvalue weighted by Crippen LogP contribution is -2.06. The predicted octanol–water partition coefficient (Wildman–Crippen LogP) is 5.37. The monoisotopic (exact) mass is 517 g/mol. The summed E-state index contributed by atoms with van der Waals surface area (Å²) in [6.45, 7) is 0. The van der Waals surface area contributed by atoms with Crippen LogP contribution in [0, 0.1) is 11.6 Å². The Morgan fingerprint density at radius 2 is 1.78 bits per heavy atom. The molecule has 1 aromatic carbocycles. The van der Waals surface area contributed by atoms with Gasteiger partial charge in [0.05, 0.1) is 16.1 Å². The van der Waals surface area contributed by atoms with Crippen molar-refractivity contribution in [2.45, 2.75) is 12.6 Å². The number of anilines is 1. The molecule has 4 aromatic heterocycles. The number of aromatic nitrogens is 6. The molecule has 0 unspecified atom stereocenters. The number of alkyl halides is 3. The van der Waals surface area contributed by atoms with E-state index in [0.29, 0.717) is 11.7 Å². The molecule has 182 valence electrons. The van der Waals surface area contributed by atoms with Crippen LogP contribution in [0.2, 0.25) is 5.02 Å². The Morgan fingerprint density at radius 1 is 1.00 bits per heavy atom. The highest BCUT2D eigenvalue weighted by atomic mass is 35.5. The molecule has 0 bridgehead atoms. The van der Waals surface area contributed by atoms with E-state index in [4.69, 9.17) is 17.3 Å². The number of imidazole rings is 1. The molecule has 36 heavy (non-hydrogen) atoms. The van der Waals surface area contributed by atoms with E-state index in [1.54, 1.807) is 12.1 Å². The van der Waals surface area contributed by atoms with Crippen molar-refractivity contribution in [3.63, 3.8) is 0 Å². The molecule has 0 aliphatic rings. The van der Waals surface area contributed by atoms with Gasteiger partial charge in [-0.05, 0) is 30.3 Å². The molecule has 2 N–H and O–H groups in total. The summed E-state index contributed by atoms with van der Waals surface area (Å²) in [5, 5.41) is 3.85. The lowest BCUT2D eigenvalue weighted by molar-refractivity contribution is -0.137. The third kappa shape index (κ3) is 4.19. The molecule has 5 aromatic rings. The van der Waals surface area contributed by atoms with Crippen molar-refractivity contribution in [2.24, 2.45) is 0 Å². The number of nitrogens with zero attached hydrogens (tertiary/aromatic N) is 6. The smallest absolute Gasteiger partial charge is 0.383 e. The first-order valence-electron chi connectivity index (χ1n) is 10.2. The Morgan fingerprint density at radius 3 is 2.53 bits per heavy atom. The molecule has 13 heteroatoms. The van der Waals surface area contributed by atoms with Crippen molar-refractivity contribution in [1.29, 1.82) is 0 Å². The zero-order valence-corrected chi connectivity index (χ0v) is 18.7. The second-order valence-corrected chi connectivity index (χ2v) is 8.03. The highest BCUT2D eigenvalue weighted by Crippen LogP contribution is 2.33. The SMILES string of the molecule is Nc1nc(-c2nc(Cc3c(F)ccc(F)c3Cl)n3ncccc23)ncc1-c1cncc(C(F)(F)F)c1. The van der Waals surface area contributed by atoms with E-state index in [9.17, 15) is 22.0 Å². The summed E-state index contributed by atoms with van der Waals surface area (Å²) < 4.78 is 68.9. The zero-order chi connectivity index (χ0) is 25.6. The average molecular weight is 518 g/mol. The van der Waals surface area contributed by atoms with Gasteiger partial charge in [0.15, 0.2) is 5.82 Å².